The molecule has 2 atom stereocenters. The summed E-state index contributed by atoms with van der Waals surface area (Å²) in [6.45, 7) is 6.89. The predicted molar refractivity (Wildman–Crippen MR) is 106 cm³/mol. The molecule has 4 rings (SSSR count). The fraction of sp³-hybridized carbons (Fsp3) is 0.250. The molecule has 26 heavy (non-hydrogen) atoms. The predicted octanol–water partition coefficient (Wildman–Crippen LogP) is 2.18. The van der Waals surface area contributed by atoms with Crippen LogP contribution in [0.2, 0.25) is 0 Å². The summed E-state index contributed by atoms with van der Waals surface area (Å²) in [4.78, 5) is 3.35. The van der Waals surface area contributed by atoms with Crippen LogP contribution in [-0.4, -0.2) is 13.1 Å². The summed E-state index contributed by atoms with van der Waals surface area (Å²) in [6, 6.07) is 30.8. The van der Waals surface area contributed by atoms with Gasteiger partial charge in [0, 0.05) is 11.1 Å². The van der Waals surface area contributed by atoms with Gasteiger partial charge in [0.1, 0.15) is 26.2 Å². The number of rotatable bonds is 5. The molecule has 1 aliphatic heterocycles. The minimum Gasteiger partial charge on any atom is -0.274 e. The average molecular weight is 345 g/mol. The summed E-state index contributed by atoms with van der Waals surface area (Å²) in [6.07, 6.45) is 0.497. The topological polar surface area (TPSA) is 8.88 Å². The molecule has 2 nitrogen and oxygen atoms in total. The molecule has 0 amide bonds. The van der Waals surface area contributed by atoms with Gasteiger partial charge in [0.05, 0.1) is 5.56 Å². The van der Waals surface area contributed by atoms with Crippen molar-refractivity contribution in [1.29, 1.82) is 0 Å². The lowest BCUT2D eigenvalue weighted by molar-refractivity contribution is -1.09. The van der Waals surface area contributed by atoms with E-state index in [0.29, 0.717) is 6.17 Å². The Morgan fingerprint density at radius 3 is 1.62 bits per heavy atom. The van der Waals surface area contributed by atoms with Crippen LogP contribution in [0.3, 0.4) is 0 Å². The van der Waals surface area contributed by atoms with Gasteiger partial charge in [0.25, 0.3) is 0 Å². The first-order chi connectivity index (χ1) is 12.8. The Bertz CT molecular complexity index is 780. The molecule has 2 unspecified atom stereocenters. The third kappa shape index (κ3) is 3.72. The number of aryl methyl sites for hydroxylation is 1. The van der Waals surface area contributed by atoms with E-state index in [9.17, 15) is 0 Å². The average Bonchev–Trinajstić information content (AvgIpc) is 3.06. The second-order valence-electron chi connectivity index (χ2n) is 7.43. The van der Waals surface area contributed by atoms with Crippen molar-refractivity contribution < 1.29 is 9.80 Å². The molecule has 0 bridgehead atoms. The van der Waals surface area contributed by atoms with Crippen LogP contribution in [-0.2, 0) is 13.1 Å². The molecule has 1 saturated heterocycles. The molecule has 132 valence electrons. The van der Waals surface area contributed by atoms with Crippen LogP contribution in [0.4, 0.5) is 0 Å². The van der Waals surface area contributed by atoms with E-state index >= 15 is 0 Å². The normalized spacial score (nSPS) is 22.4. The molecule has 0 spiro atoms. The lowest BCUT2D eigenvalue weighted by atomic mass is 10.0. The summed E-state index contributed by atoms with van der Waals surface area (Å²) >= 11 is 0. The highest BCUT2D eigenvalue weighted by atomic mass is 15.4. The first-order valence-corrected chi connectivity index (χ1v) is 9.64. The van der Waals surface area contributed by atoms with Gasteiger partial charge in [0.15, 0.2) is 0 Å². The molecule has 3 aromatic carbocycles. The van der Waals surface area contributed by atoms with Crippen molar-refractivity contribution in [3.05, 3.63) is 107 Å². The van der Waals surface area contributed by atoms with Crippen molar-refractivity contribution >= 4 is 0 Å². The highest BCUT2D eigenvalue weighted by Gasteiger charge is 2.41. The number of nitrogens with one attached hydrogen (secondary N) is 2. The van der Waals surface area contributed by atoms with E-state index in [-0.39, 0.29) is 0 Å². The third-order valence-electron chi connectivity index (χ3n) is 5.63. The second-order valence-corrected chi connectivity index (χ2v) is 7.43. The Kier molecular flexibility index (Phi) is 5.14. The molecular formula is C24H28N2+2. The second kappa shape index (κ2) is 7.86. The standard InChI is InChI=1S/C24H26N2/c1-20-10-8-9-15-23(20)24-25(18-21-11-4-2-5-12-21)16-17-26(24)19-22-13-6-3-7-14-22/h2-15,24H,16-19H2,1H3/p+2. The van der Waals surface area contributed by atoms with Crippen molar-refractivity contribution in [2.45, 2.75) is 26.2 Å². The van der Waals surface area contributed by atoms with E-state index in [4.69, 9.17) is 0 Å². The largest absolute Gasteiger partial charge is 0.274 e. The minimum atomic E-state index is 0.497. The number of quaternary nitrogens is 2. The van der Waals surface area contributed by atoms with Crippen molar-refractivity contribution in [2.75, 3.05) is 13.1 Å². The van der Waals surface area contributed by atoms with E-state index in [0.717, 1.165) is 13.1 Å². The Hall–Kier alpha value is -2.42. The fourth-order valence-corrected chi connectivity index (χ4v) is 4.35. The highest BCUT2D eigenvalue weighted by Crippen LogP contribution is 2.13. The van der Waals surface area contributed by atoms with Crippen LogP contribution in [0.25, 0.3) is 0 Å². The first kappa shape index (κ1) is 17.0. The van der Waals surface area contributed by atoms with Crippen LogP contribution < -0.4 is 9.80 Å². The maximum Gasteiger partial charge on any atom is 0.241 e. The number of benzene rings is 3. The molecule has 0 aromatic heterocycles. The maximum absolute atomic E-state index is 2.33. The molecule has 0 saturated carbocycles. The number of hydrogen-bond donors (Lipinski definition) is 2. The van der Waals surface area contributed by atoms with Crippen LogP contribution in [0.15, 0.2) is 84.9 Å². The van der Waals surface area contributed by atoms with Gasteiger partial charge in [-0.1, -0.05) is 78.9 Å². The van der Waals surface area contributed by atoms with Crippen LogP contribution >= 0.6 is 0 Å². The zero-order chi connectivity index (χ0) is 17.8. The SMILES string of the molecule is Cc1ccccc1C1[NH+](Cc2ccccc2)CC[NH+]1Cc1ccccc1. The van der Waals surface area contributed by atoms with Crippen molar-refractivity contribution in [3.63, 3.8) is 0 Å². The van der Waals surface area contributed by atoms with Gasteiger partial charge < -0.3 is 0 Å². The Balaban J connectivity index is 1.63. The van der Waals surface area contributed by atoms with E-state index in [1.807, 2.05) is 0 Å². The smallest absolute Gasteiger partial charge is 0.241 e. The molecule has 3 aromatic rings. The Morgan fingerprint density at radius 1 is 0.654 bits per heavy atom. The van der Waals surface area contributed by atoms with E-state index in [2.05, 4.69) is 91.9 Å². The quantitative estimate of drug-likeness (QED) is 0.702. The van der Waals surface area contributed by atoms with E-state index in [1.54, 1.807) is 9.80 Å². The molecule has 2 heteroatoms. The van der Waals surface area contributed by atoms with Crippen molar-refractivity contribution in [3.8, 4) is 0 Å². The summed E-state index contributed by atoms with van der Waals surface area (Å²) in [5.74, 6) is 0. The van der Waals surface area contributed by atoms with Gasteiger partial charge >= 0.3 is 0 Å². The fourth-order valence-electron chi connectivity index (χ4n) is 4.35. The molecule has 1 heterocycles. The van der Waals surface area contributed by atoms with Crippen LogP contribution in [0, 0.1) is 6.92 Å². The Labute approximate surface area is 156 Å². The summed E-state index contributed by atoms with van der Waals surface area (Å²) in [7, 11) is 0. The summed E-state index contributed by atoms with van der Waals surface area (Å²) in [5, 5.41) is 0. The van der Waals surface area contributed by atoms with Crippen LogP contribution in [0.5, 0.6) is 0 Å². The minimum absolute atomic E-state index is 0.497. The van der Waals surface area contributed by atoms with Crippen LogP contribution in [0.1, 0.15) is 28.4 Å². The van der Waals surface area contributed by atoms with E-state index < -0.39 is 0 Å². The zero-order valence-corrected chi connectivity index (χ0v) is 15.5. The van der Waals surface area contributed by atoms with Gasteiger partial charge in [-0.3, -0.25) is 9.80 Å². The molecule has 0 aliphatic carbocycles. The molecule has 2 N–H and O–H groups in total. The lowest BCUT2D eigenvalue weighted by Crippen LogP contribution is -3.22. The Morgan fingerprint density at radius 2 is 1.12 bits per heavy atom. The third-order valence-corrected chi connectivity index (χ3v) is 5.63. The van der Waals surface area contributed by atoms with Gasteiger partial charge in [-0.05, 0) is 18.6 Å². The van der Waals surface area contributed by atoms with Gasteiger partial charge in [0.2, 0.25) is 6.17 Å². The first-order valence-electron chi connectivity index (χ1n) is 9.64. The van der Waals surface area contributed by atoms with E-state index in [1.165, 1.54) is 35.3 Å². The van der Waals surface area contributed by atoms with Gasteiger partial charge in [-0.15, -0.1) is 0 Å². The number of hydrogen-bond acceptors (Lipinski definition) is 0. The lowest BCUT2D eigenvalue weighted by Gasteiger charge is -2.26. The van der Waals surface area contributed by atoms with Gasteiger partial charge in [-0.2, -0.15) is 0 Å². The van der Waals surface area contributed by atoms with Crippen molar-refractivity contribution in [1.82, 2.24) is 0 Å². The zero-order valence-electron chi connectivity index (χ0n) is 15.5. The summed E-state index contributed by atoms with van der Waals surface area (Å²) in [5.41, 5.74) is 5.78. The molecule has 1 aliphatic rings. The molecular weight excluding hydrogens is 316 g/mol. The summed E-state index contributed by atoms with van der Waals surface area (Å²) < 4.78 is 0. The van der Waals surface area contributed by atoms with Crippen molar-refractivity contribution in [2.24, 2.45) is 0 Å². The van der Waals surface area contributed by atoms with Gasteiger partial charge in [-0.25, -0.2) is 0 Å². The highest BCUT2D eigenvalue weighted by molar-refractivity contribution is 5.26. The monoisotopic (exact) mass is 344 g/mol. The molecule has 1 fully saturated rings. The molecule has 0 radical (unpaired) electrons. The maximum atomic E-state index is 2.33.